The normalized spacial score (nSPS) is 20.4. The van der Waals surface area contributed by atoms with Crippen LogP contribution < -0.4 is 10.6 Å². The van der Waals surface area contributed by atoms with Gasteiger partial charge in [-0.05, 0) is 19.4 Å². The second kappa shape index (κ2) is 7.76. The smallest absolute Gasteiger partial charge is 0.344 e. The lowest BCUT2D eigenvalue weighted by Gasteiger charge is -2.27. The van der Waals surface area contributed by atoms with Crippen molar-refractivity contribution in [2.45, 2.75) is 31.5 Å². The monoisotopic (exact) mass is 423 g/mol. The summed E-state index contributed by atoms with van der Waals surface area (Å²) < 4.78 is 40.0. The van der Waals surface area contributed by atoms with Crippen molar-refractivity contribution in [3.05, 3.63) is 34.0 Å². The molecule has 150 valence electrons. The van der Waals surface area contributed by atoms with Crippen LogP contribution in [0, 0.1) is 5.92 Å². The highest BCUT2D eigenvalue weighted by Crippen LogP contribution is 2.34. The van der Waals surface area contributed by atoms with Crippen LogP contribution in [-0.2, 0) is 23.6 Å². The summed E-state index contributed by atoms with van der Waals surface area (Å²) in [5.41, 5.74) is -0.965. The highest BCUT2D eigenvalue weighted by molar-refractivity contribution is 7.09. The third-order valence-corrected chi connectivity index (χ3v) is 5.63. The first-order valence-electron chi connectivity index (χ1n) is 8.12. The molecule has 0 spiro atoms. The molecule has 11 heteroatoms. The van der Waals surface area contributed by atoms with Gasteiger partial charge in [0.2, 0.25) is 5.91 Å². The van der Waals surface area contributed by atoms with Crippen LogP contribution in [0.25, 0.3) is 0 Å². The van der Waals surface area contributed by atoms with E-state index in [-0.39, 0.29) is 35.2 Å². The summed E-state index contributed by atoms with van der Waals surface area (Å²) in [6.45, 7) is 4.48. The summed E-state index contributed by atoms with van der Waals surface area (Å²) >= 11 is 0.894. The second-order valence-electron chi connectivity index (χ2n) is 6.97. The van der Waals surface area contributed by atoms with Crippen LogP contribution in [0.3, 0.4) is 0 Å². The van der Waals surface area contributed by atoms with Crippen molar-refractivity contribution in [1.29, 1.82) is 0 Å². The molecule has 1 aliphatic heterocycles. The van der Waals surface area contributed by atoms with Gasteiger partial charge in [0.1, 0.15) is 5.01 Å². The van der Waals surface area contributed by atoms with E-state index in [0.29, 0.717) is 13.1 Å². The minimum absolute atomic E-state index is 0. The largest absolute Gasteiger partial charge is 0.434 e. The van der Waals surface area contributed by atoms with Gasteiger partial charge >= 0.3 is 6.18 Å². The van der Waals surface area contributed by atoms with E-state index in [0.717, 1.165) is 22.3 Å². The molecule has 0 bridgehead atoms. The average Bonchev–Trinajstić information content (AvgIpc) is 3.25. The predicted octanol–water partition coefficient (Wildman–Crippen LogP) is 2.67. The number of halogens is 4. The molecule has 1 saturated heterocycles. The van der Waals surface area contributed by atoms with E-state index in [1.54, 1.807) is 24.7 Å². The Bertz CT molecular complexity index is 804. The molecule has 0 unspecified atom stereocenters. The third kappa shape index (κ3) is 4.61. The molecule has 1 fully saturated rings. The Morgan fingerprint density at radius 1 is 1.37 bits per heavy atom. The molecule has 0 saturated carbocycles. The van der Waals surface area contributed by atoms with Crippen molar-refractivity contribution in [2.75, 3.05) is 13.1 Å². The van der Waals surface area contributed by atoms with Crippen LogP contribution in [0.4, 0.5) is 13.2 Å². The molecular formula is C16H21ClF3N5OS. The fourth-order valence-electron chi connectivity index (χ4n) is 3.08. The summed E-state index contributed by atoms with van der Waals surface area (Å²) in [7, 11) is 1.81. The molecule has 0 radical (unpaired) electrons. The van der Waals surface area contributed by atoms with Crippen molar-refractivity contribution >= 4 is 29.7 Å². The van der Waals surface area contributed by atoms with Gasteiger partial charge in [-0.15, -0.1) is 23.7 Å². The number of aromatic nitrogens is 3. The predicted molar refractivity (Wildman–Crippen MR) is 97.8 cm³/mol. The van der Waals surface area contributed by atoms with E-state index >= 15 is 0 Å². The van der Waals surface area contributed by atoms with Crippen LogP contribution in [0.1, 0.15) is 36.0 Å². The van der Waals surface area contributed by atoms with Gasteiger partial charge in [-0.2, -0.15) is 18.3 Å². The average molecular weight is 424 g/mol. The first-order valence-corrected chi connectivity index (χ1v) is 9.00. The Kier molecular flexibility index (Phi) is 6.23. The van der Waals surface area contributed by atoms with Crippen molar-refractivity contribution in [3.63, 3.8) is 0 Å². The van der Waals surface area contributed by atoms with Crippen molar-refractivity contribution in [2.24, 2.45) is 13.0 Å². The molecule has 0 aromatic carbocycles. The number of carbonyl (C=O) groups is 1. The number of nitrogens with one attached hydrogen (secondary N) is 2. The molecule has 27 heavy (non-hydrogen) atoms. The van der Waals surface area contributed by atoms with Crippen molar-refractivity contribution < 1.29 is 18.0 Å². The number of hydrogen-bond donors (Lipinski definition) is 2. The standard InChI is InChI=1S/C16H20F3N5OS.ClH/c1-15(2,14-22-12(8-26-14)16(17,18)19)23-13(25)11-6-20-5-10(11)9-4-21-24(3)7-9;/h4,7-8,10-11,20H,5-6H2,1-3H3,(H,23,25);1H/t10-,11+;/m1./s1. The molecule has 0 aliphatic carbocycles. The lowest BCUT2D eigenvalue weighted by atomic mass is 9.89. The first kappa shape index (κ1) is 21.6. The minimum atomic E-state index is -4.49. The summed E-state index contributed by atoms with van der Waals surface area (Å²) in [5, 5.41) is 11.4. The van der Waals surface area contributed by atoms with Crippen LogP contribution >= 0.6 is 23.7 Å². The number of amides is 1. The Labute approximate surface area is 165 Å². The molecule has 2 atom stereocenters. The van der Waals surface area contributed by atoms with E-state index in [2.05, 4.69) is 20.7 Å². The minimum Gasteiger partial charge on any atom is -0.344 e. The number of alkyl halides is 3. The van der Waals surface area contributed by atoms with Gasteiger partial charge < -0.3 is 10.6 Å². The number of carbonyl (C=O) groups excluding carboxylic acids is 1. The Morgan fingerprint density at radius 2 is 2.07 bits per heavy atom. The highest BCUT2D eigenvalue weighted by atomic mass is 35.5. The molecule has 2 N–H and O–H groups in total. The maximum atomic E-state index is 12.8. The number of rotatable bonds is 4. The van der Waals surface area contributed by atoms with Gasteiger partial charge in [-0.25, -0.2) is 4.98 Å². The Hall–Kier alpha value is -1.65. The number of thiazole rings is 1. The van der Waals surface area contributed by atoms with Gasteiger partial charge in [0, 0.05) is 37.6 Å². The van der Waals surface area contributed by atoms with Gasteiger partial charge in [-0.1, -0.05) is 0 Å². The number of aryl methyl sites for hydroxylation is 1. The fraction of sp³-hybridized carbons (Fsp3) is 0.562. The van der Waals surface area contributed by atoms with Crippen LogP contribution in [-0.4, -0.2) is 33.8 Å². The molecule has 3 heterocycles. The number of hydrogen-bond acceptors (Lipinski definition) is 5. The molecule has 2 aromatic rings. The molecule has 6 nitrogen and oxygen atoms in total. The van der Waals surface area contributed by atoms with E-state index < -0.39 is 17.4 Å². The topological polar surface area (TPSA) is 71.8 Å². The summed E-state index contributed by atoms with van der Waals surface area (Å²) in [5.74, 6) is -0.556. The van der Waals surface area contributed by atoms with E-state index in [1.165, 1.54) is 0 Å². The van der Waals surface area contributed by atoms with Crippen molar-refractivity contribution in [3.8, 4) is 0 Å². The van der Waals surface area contributed by atoms with E-state index in [1.807, 2.05) is 13.2 Å². The first-order chi connectivity index (χ1) is 12.1. The maximum Gasteiger partial charge on any atom is 0.434 e. The number of nitrogens with zero attached hydrogens (tertiary/aromatic N) is 3. The quantitative estimate of drug-likeness (QED) is 0.793. The van der Waals surface area contributed by atoms with Crippen LogP contribution in [0.5, 0.6) is 0 Å². The van der Waals surface area contributed by atoms with Crippen LogP contribution in [0.2, 0.25) is 0 Å². The van der Waals surface area contributed by atoms with Gasteiger partial charge in [0.25, 0.3) is 0 Å². The lowest BCUT2D eigenvalue weighted by molar-refractivity contribution is -0.140. The molecule has 2 aromatic heterocycles. The van der Waals surface area contributed by atoms with Crippen LogP contribution in [0.15, 0.2) is 17.8 Å². The molecule has 1 aliphatic rings. The zero-order valence-electron chi connectivity index (χ0n) is 15.0. The maximum absolute atomic E-state index is 12.8. The summed E-state index contributed by atoms with van der Waals surface area (Å²) in [6, 6.07) is 0. The fourth-order valence-corrected chi connectivity index (χ4v) is 3.99. The van der Waals surface area contributed by atoms with E-state index in [9.17, 15) is 18.0 Å². The zero-order chi connectivity index (χ0) is 19.1. The van der Waals surface area contributed by atoms with Gasteiger partial charge in [-0.3, -0.25) is 9.48 Å². The SMILES string of the molecule is Cl.Cn1cc([C@H]2CNC[C@@H]2C(=O)NC(C)(C)c2nc(C(F)(F)F)cs2)cn1. The van der Waals surface area contributed by atoms with Crippen molar-refractivity contribution in [1.82, 2.24) is 25.4 Å². The lowest BCUT2D eigenvalue weighted by Crippen LogP contribution is -2.45. The Morgan fingerprint density at radius 3 is 2.63 bits per heavy atom. The third-order valence-electron chi connectivity index (χ3n) is 4.47. The Balaban J connectivity index is 0.00000261. The van der Waals surface area contributed by atoms with Gasteiger partial charge in [0.05, 0.1) is 17.7 Å². The molecule has 3 rings (SSSR count). The molecular weight excluding hydrogens is 403 g/mol. The summed E-state index contributed by atoms with van der Waals surface area (Å²) in [6.07, 6.45) is -0.880. The zero-order valence-corrected chi connectivity index (χ0v) is 16.6. The summed E-state index contributed by atoms with van der Waals surface area (Å²) in [4.78, 5) is 16.5. The highest BCUT2D eigenvalue weighted by Gasteiger charge is 2.39. The second-order valence-corrected chi connectivity index (χ2v) is 7.83. The van der Waals surface area contributed by atoms with Gasteiger partial charge in [0.15, 0.2) is 5.69 Å². The molecule has 1 amide bonds. The van der Waals surface area contributed by atoms with E-state index in [4.69, 9.17) is 0 Å².